The molecule has 2 N–H and O–H groups in total. The number of Topliss-reactive ketones (excluding diaryl/α,β-unsaturated/α-hetero) is 1. The molecule has 0 aliphatic heterocycles. The summed E-state index contributed by atoms with van der Waals surface area (Å²) in [6, 6.07) is 19.6. The van der Waals surface area contributed by atoms with Gasteiger partial charge in [-0.15, -0.1) is 0 Å². The minimum atomic E-state index is -1.13. The number of carboxylic acid groups (broad SMARTS) is 1. The lowest BCUT2D eigenvalue weighted by atomic mass is 9.63. The van der Waals surface area contributed by atoms with Gasteiger partial charge in [-0.3, -0.25) is 9.59 Å². The van der Waals surface area contributed by atoms with Gasteiger partial charge in [0.1, 0.15) is 0 Å². The summed E-state index contributed by atoms with van der Waals surface area (Å²) in [6.07, 6.45) is 2.28. The Kier molecular flexibility index (Phi) is 8.80. The van der Waals surface area contributed by atoms with Crippen molar-refractivity contribution < 1.29 is 24.2 Å². The molecule has 0 spiro atoms. The minimum Gasteiger partial charge on any atom is -0.481 e. The Hall–Kier alpha value is -3.66. The van der Waals surface area contributed by atoms with E-state index in [0.717, 1.165) is 19.3 Å². The van der Waals surface area contributed by atoms with E-state index in [1.54, 1.807) is 54.6 Å². The number of aliphatic carboxylic acids is 1. The molecule has 3 unspecified atom stereocenters. The third kappa shape index (κ3) is 6.44. The third-order valence-corrected chi connectivity index (χ3v) is 6.66. The van der Waals surface area contributed by atoms with Crippen molar-refractivity contribution in [2.45, 2.75) is 51.0 Å². The van der Waals surface area contributed by atoms with Crippen LogP contribution in [0.25, 0.3) is 0 Å². The zero-order valence-corrected chi connectivity index (χ0v) is 19.1. The van der Waals surface area contributed by atoms with Crippen LogP contribution in [0, 0.1) is 22.7 Å². The van der Waals surface area contributed by atoms with E-state index in [0.29, 0.717) is 30.4 Å². The normalized spacial score (nSPS) is 20.5. The molecule has 1 aliphatic carbocycles. The SMILES string of the molecule is N#CCCC1CCCCC1(CNC(=O)OC(C(=O)c1ccccc1)c1ccccc1)CC(=O)O. The summed E-state index contributed by atoms with van der Waals surface area (Å²) in [5, 5.41) is 21.4. The molecule has 0 aromatic heterocycles. The van der Waals surface area contributed by atoms with Crippen LogP contribution in [0.1, 0.15) is 67.0 Å². The second-order valence-electron chi connectivity index (χ2n) is 8.85. The molecule has 0 saturated heterocycles. The summed E-state index contributed by atoms with van der Waals surface area (Å²) in [5.41, 5.74) is 0.331. The number of carbonyl (C=O) groups is 3. The monoisotopic (exact) mass is 462 g/mol. The van der Waals surface area contributed by atoms with Crippen molar-refractivity contribution in [3.8, 4) is 6.07 Å². The van der Waals surface area contributed by atoms with Gasteiger partial charge in [-0.2, -0.15) is 5.26 Å². The molecule has 1 aliphatic rings. The number of hydrogen-bond acceptors (Lipinski definition) is 5. The highest BCUT2D eigenvalue weighted by Gasteiger charge is 2.42. The van der Waals surface area contributed by atoms with Crippen LogP contribution in [0.3, 0.4) is 0 Å². The molecule has 0 bridgehead atoms. The molecule has 7 heteroatoms. The van der Waals surface area contributed by atoms with E-state index in [2.05, 4.69) is 11.4 Å². The highest BCUT2D eigenvalue weighted by Crippen LogP contribution is 2.46. The van der Waals surface area contributed by atoms with Crippen molar-refractivity contribution in [2.75, 3.05) is 6.54 Å². The summed E-state index contributed by atoms with van der Waals surface area (Å²) in [6.45, 7) is 0.120. The second kappa shape index (κ2) is 12.0. The Balaban J connectivity index is 1.76. The smallest absolute Gasteiger partial charge is 0.408 e. The van der Waals surface area contributed by atoms with Crippen molar-refractivity contribution in [2.24, 2.45) is 11.3 Å². The van der Waals surface area contributed by atoms with Crippen molar-refractivity contribution in [3.05, 3.63) is 71.8 Å². The molecule has 1 saturated carbocycles. The van der Waals surface area contributed by atoms with E-state index in [4.69, 9.17) is 10.00 Å². The van der Waals surface area contributed by atoms with Gasteiger partial charge in [-0.05, 0) is 25.2 Å². The van der Waals surface area contributed by atoms with Crippen LogP contribution >= 0.6 is 0 Å². The fourth-order valence-electron chi connectivity index (χ4n) is 4.95. The Morgan fingerprint density at radius 1 is 1.09 bits per heavy atom. The summed E-state index contributed by atoms with van der Waals surface area (Å²) in [7, 11) is 0. The van der Waals surface area contributed by atoms with Gasteiger partial charge in [0.05, 0.1) is 12.5 Å². The van der Waals surface area contributed by atoms with Gasteiger partial charge in [0, 0.05) is 29.5 Å². The Morgan fingerprint density at radius 3 is 2.41 bits per heavy atom. The maximum Gasteiger partial charge on any atom is 0.408 e. The number of hydrogen-bond donors (Lipinski definition) is 2. The lowest BCUT2D eigenvalue weighted by molar-refractivity contribution is -0.141. The van der Waals surface area contributed by atoms with Gasteiger partial charge in [-0.1, -0.05) is 73.5 Å². The fraction of sp³-hybridized carbons (Fsp3) is 0.407. The first-order valence-corrected chi connectivity index (χ1v) is 11.6. The van der Waals surface area contributed by atoms with Crippen LogP contribution in [-0.2, 0) is 9.53 Å². The van der Waals surface area contributed by atoms with Gasteiger partial charge >= 0.3 is 12.1 Å². The van der Waals surface area contributed by atoms with E-state index in [1.165, 1.54) is 0 Å². The zero-order chi connectivity index (χ0) is 24.4. The van der Waals surface area contributed by atoms with E-state index < -0.39 is 23.6 Å². The largest absolute Gasteiger partial charge is 0.481 e. The zero-order valence-electron chi connectivity index (χ0n) is 19.1. The fourth-order valence-corrected chi connectivity index (χ4v) is 4.95. The van der Waals surface area contributed by atoms with Crippen molar-refractivity contribution >= 4 is 17.8 Å². The van der Waals surface area contributed by atoms with Crippen LogP contribution in [0.5, 0.6) is 0 Å². The Morgan fingerprint density at radius 2 is 1.76 bits per heavy atom. The molecule has 178 valence electrons. The number of nitrogens with zero attached hydrogens (tertiary/aromatic N) is 1. The number of nitrogens with one attached hydrogen (secondary N) is 1. The maximum atomic E-state index is 13.2. The molecule has 3 atom stereocenters. The van der Waals surface area contributed by atoms with E-state index in [9.17, 15) is 19.5 Å². The molecular weight excluding hydrogens is 432 g/mol. The van der Waals surface area contributed by atoms with Crippen LogP contribution in [-0.4, -0.2) is 29.5 Å². The summed E-state index contributed by atoms with van der Waals surface area (Å²) < 4.78 is 5.61. The highest BCUT2D eigenvalue weighted by atomic mass is 16.6. The molecule has 34 heavy (non-hydrogen) atoms. The first-order chi connectivity index (χ1) is 16.4. The Labute approximate surface area is 199 Å². The van der Waals surface area contributed by atoms with E-state index in [-0.39, 0.29) is 24.7 Å². The molecule has 1 amide bonds. The van der Waals surface area contributed by atoms with Crippen molar-refractivity contribution in [1.29, 1.82) is 5.26 Å². The summed E-state index contributed by atoms with van der Waals surface area (Å²) >= 11 is 0. The molecule has 7 nitrogen and oxygen atoms in total. The number of benzene rings is 2. The van der Waals surface area contributed by atoms with Crippen molar-refractivity contribution in [1.82, 2.24) is 5.32 Å². The van der Waals surface area contributed by atoms with Gasteiger partial charge in [0.25, 0.3) is 0 Å². The van der Waals surface area contributed by atoms with Gasteiger partial charge < -0.3 is 15.2 Å². The van der Waals surface area contributed by atoms with Crippen LogP contribution < -0.4 is 5.32 Å². The van der Waals surface area contributed by atoms with Crippen LogP contribution in [0.4, 0.5) is 4.79 Å². The highest BCUT2D eigenvalue weighted by molar-refractivity contribution is 6.00. The predicted octanol–water partition coefficient (Wildman–Crippen LogP) is 5.29. The van der Waals surface area contributed by atoms with Gasteiger partial charge in [0.15, 0.2) is 6.10 Å². The molecular formula is C27H30N2O5. The first-order valence-electron chi connectivity index (χ1n) is 11.6. The number of amides is 1. The summed E-state index contributed by atoms with van der Waals surface area (Å²) in [5.74, 6) is -1.25. The van der Waals surface area contributed by atoms with E-state index >= 15 is 0 Å². The third-order valence-electron chi connectivity index (χ3n) is 6.66. The molecule has 2 aromatic carbocycles. The maximum absolute atomic E-state index is 13.2. The average molecular weight is 463 g/mol. The topological polar surface area (TPSA) is 116 Å². The molecule has 2 aromatic rings. The minimum absolute atomic E-state index is 0.0215. The lowest BCUT2D eigenvalue weighted by Gasteiger charge is -2.43. The second-order valence-corrected chi connectivity index (χ2v) is 8.85. The molecule has 1 fully saturated rings. The number of alkyl carbamates (subject to hydrolysis) is 1. The number of carboxylic acids is 1. The van der Waals surface area contributed by atoms with Gasteiger partial charge in [0.2, 0.25) is 5.78 Å². The number of rotatable bonds is 10. The number of ether oxygens (including phenoxy) is 1. The van der Waals surface area contributed by atoms with Crippen LogP contribution in [0.2, 0.25) is 0 Å². The number of ketones is 1. The number of nitriles is 1. The predicted molar refractivity (Wildman–Crippen MR) is 126 cm³/mol. The molecule has 0 radical (unpaired) electrons. The average Bonchev–Trinajstić information content (AvgIpc) is 2.86. The Bertz CT molecular complexity index is 1020. The molecule has 3 rings (SSSR count). The summed E-state index contributed by atoms with van der Waals surface area (Å²) in [4.78, 5) is 37.7. The molecule has 0 heterocycles. The van der Waals surface area contributed by atoms with E-state index in [1.807, 2.05) is 6.07 Å². The van der Waals surface area contributed by atoms with Crippen LogP contribution in [0.15, 0.2) is 60.7 Å². The standard InChI is InChI=1S/C27H30N2O5/c28-17-9-15-22-14-7-8-16-27(22,18-23(30)31)19-29-26(33)34-25(21-12-5-2-6-13-21)24(32)20-10-3-1-4-11-20/h1-6,10-13,22,25H,7-9,14-16,18-19H2,(H,29,33)(H,30,31). The first kappa shape index (κ1) is 25.0. The quantitative estimate of drug-likeness (QED) is 0.463. The number of carbonyl (C=O) groups excluding carboxylic acids is 2. The van der Waals surface area contributed by atoms with Crippen molar-refractivity contribution in [3.63, 3.8) is 0 Å². The van der Waals surface area contributed by atoms with Gasteiger partial charge in [-0.25, -0.2) is 4.79 Å². The lowest BCUT2D eigenvalue weighted by Crippen LogP contribution is -2.46.